The summed E-state index contributed by atoms with van der Waals surface area (Å²) in [7, 11) is 0. The molecule has 27 heavy (non-hydrogen) atoms. The Morgan fingerprint density at radius 1 is 1.07 bits per heavy atom. The summed E-state index contributed by atoms with van der Waals surface area (Å²) in [5.41, 5.74) is -0.386. The molecule has 0 aliphatic carbocycles. The first-order valence-electron chi connectivity index (χ1n) is 8.96. The first kappa shape index (κ1) is 19.0. The fourth-order valence-electron chi connectivity index (χ4n) is 3.45. The zero-order valence-corrected chi connectivity index (χ0v) is 15.2. The van der Waals surface area contributed by atoms with Gasteiger partial charge in [-0.1, -0.05) is 36.4 Å². The molecule has 0 aromatic heterocycles. The molecule has 1 saturated heterocycles. The van der Waals surface area contributed by atoms with Gasteiger partial charge in [0.2, 0.25) is 5.91 Å². The second-order valence-corrected chi connectivity index (χ2v) is 7.16. The molecule has 2 aromatic rings. The Morgan fingerprint density at radius 3 is 2.41 bits per heavy atom. The first-order valence-corrected chi connectivity index (χ1v) is 8.96. The van der Waals surface area contributed by atoms with Crippen LogP contribution in [0, 0.1) is 17.0 Å². The average molecular weight is 372 g/mol. The Morgan fingerprint density at radius 2 is 1.74 bits per heavy atom. The molecule has 0 spiro atoms. The number of carbonyl (C=O) groups excluding carboxylic acids is 2. The van der Waals surface area contributed by atoms with Gasteiger partial charge in [0.05, 0.1) is 5.41 Å². The number of likely N-dealkylation sites (tertiary alicyclic amines) is 1. The highest BCUT2D eigenvalue weighted by Gasteiger charge is 2.40. The van der Waals surface area contributed by atoms with Gasteiger partial charge in [-0.25, -0.2) is 8.78 Å². The number of carbonyl (C=O) groups is 2. The number of rotatable bonds is 4. The molecule has 0 saturated carbocycles. The summed E-state index contributed by atoms with van der Waals surface area (Å²) in [5, 5.41) is 2.91. The highest BCUT2D eigenvalue weighted by molar-refractivity contribution is 5.95. The molecule has 0 radical (unpaired) electrons. The normalized spacial score (nSPS) is 19.6. The summed E-state index contributed by atoms with van der Waals surface area (Å²) in [6.07, 6.45) is 1.20. The fourth-order valence-corrected chi connectivity index (χ4v) is 3.45. The van der Waals surface area contributed by atoms with Gasteiger partial charge in [0.15, 0.2) is 0 Å². The smallest absolute Gasteiger partial charge is 0.259 e. The average Bonchev–Trinajstić information content (AvgIpc) is 2.66. The lowest BCUT2D eigenvalue weighted by atomic mass is 9.80. The quantitative estimate of drug-likeness (QED) is 0.893. The van der Waals surface area contributed by atoms with Crippen molar-refractivity contribution in [2.24, 2.45) is 5.41 Å². The van der Waals surface area contributed by atoms with E-state index in [1.807, 2.05) is 30.3 Å². The SMILES string of the molecule is C[C@@]1(C(=O)NCc2ccccc2)CCCN(C(=O)c2c(F)cccc2F)C1. The Bertz CT molecular complexity index is 821. The third-order valence-corrected chi connectivity index (χ3v) is 5.00. The van der Waals surface area contributed by atoms with Gasteiger partial charge in [0.1, 0.15) is 17.2 Å². The second kappa shape index (κ2) is 7.86. The van der Waals surface area contributed by atoms with Crippen LogP contribution in [0.5, 0.6) is 0 Å². The van der Waals surface area contributed by atoms with Crippen LogP contribution in [0.2, 0.25) is 0 Å². The van der Waals surface area contributed by atoms with Gasteiger partial charge in [-0.2, -0.15) is 0 Å². The minimum atomic E-state index is -0.888. The maximum atomic E-state index is 13.9. The summed E-state index contributed by atoms with van der Waals surface area (Å²) in [4.78, 5) is 26.7. The number of amides is 2. The summed E-state index contributed by atoms with van der Waals surface area (Å²) in [5.74, 6) is -2.66. The van der Waals surface area contributed by atoms with Crippen molar-refractivity contribution in [1.29, 1.82) is 0 Å². The zero-order valence-electron chi connectivity index (χ0n) is 15.2. The molecule has 1 aliphatic heterocycles. The fraction of sp³-hybridized carbons (Fsp3) is 0.333. The van der Waals surface area contributed by atoms with Crippen LogP contribution in [0.25, 0.3) is 0 Å². The topological polar surface area (TPSA) is 49.4 Å². The van der Waals surface area contributed by atoms with Crippen LogP contribution in [-0.2, 0) is 11.3 Å². The second-order valence-electron chi connectivity index (χ2n) is 7.16. The maximum absolute atomic E-state index is 13.9. The van der Waals surface area contributed by atoms with Crippen LogP contribution in [-0.4, -0.2) is 29.8 Å². The maximum Gasteiger partial charge on any atom is 0.259 e. The highest BCUT2D eigenvalue weighted by Crippen LogP contribution is 2.31. The van der Waals surface area contributed by atoms with Crippen LogP contribution < -0.4 is 5.32 Å². The molecule has 6 heteroatoms. The lowest BCUT2D eigenvalue weighted by Gasteiger charge is -2.39. The molecular weight excluding hydrogens is 350 g/mol. The Balaban J connectivity index is 1.70. The zero-order chi connectivity index (χ0) is 19.4. The van der Waals surface area contributed by atoms with Gasteiger partial charge >= 0.3 is 0 Å². The lowest BCUT2D eigenvalue weighted by molar-refractivity contribution is -0.132. The monoisotopic (exact) mass is 372 g/mol. The van der Waals surface area contributed by atoms with E-state index in [0.717, 1.165) is 17.7 Å². The predicted octanol–water partition coefficient (Wildman–Crippen LogP) is 3.52. The molecule has 1 heterocycles. The standard InChI is InChI=1S/C21H22F2N2O2/c1-21(20(27)24-13-15-7-3-2-4-8-15)11-6-12-25(14-21)19(26)18-16(22)9-5-10-17(18)23/h2-5,7-10H,6,11-14H2,1H3,(H,24,27)/t21-/m1/s1. The van der Waals surface area contributed by atoms with E-state index >= 15 is 0 Å². The molecule has 2 aromatic carbocycles. The van der Waals surface area contributed by atoms with Gasteiger partial charge in [-0.15, -0.1) is 0 Å². The van der Waals surface area contributed by atoms with E-state index in [9.17, 15) is 18.4 Å². The number of benzene rings is 2. The minimum absolute atomic E-state index is 0.125. The van der Waals surface area contributed by atoms with E-state index < -0.39 is 28.5 Å². The molecule has 4 nitrogen and oxygen atoms in total. The molecule has 3 rings (SSSR count). The van der Waals surface area contributed by atoms with Crippen LogP contribution in [0.4, 0.5) is 8.78 Å². The molecule has 0 unspecified atom stereocenters. The molecule has 1 aliphatic rings. The van der Waals surface area contributed by atoms with E-state index in [0.29, 0.717) is 25.9 Å². The van der Waals surface area contributed by atoms with E-state index in [1.54, 1.807) is 6.92 Å². The van der Waals surface area contributed by atoms with E-state index in [1.165, 1.54) is 11.0 Å². The third-order valence-electron chi connectivity index (χ3n) is 5.00. The molecule has 1 atom stereocenters. The van der Waals surface area contributed by atoms with Crippen molar-refractivity contribution in [3.63, 3.8) is 0 Å². The van der Waals surface area contributed by atoms with E-state index in [2.05, 4.69) is 5.32 Å². The molecule has 142 valence electrons. The number of hydrogen-bond donors (Lipinski definition) is 1. The van der Waals surface area contributed by atoms with Crippen molar-refractivity contribution in [3.05, 3.63) is 71.3 Å². The molecule has 2 amide bonds. The number of nitrogens with one attached hydrogen (secondary N) is 1. The number of nitrogens with zero attached hydrogens (tertiary/aromatic N) is 1. The van der Waals surface area contributed by atoms with Gasteiger partial charge < -0.3 is 10.2 Å². The van der Waals surface area contributed by atoms with Crippen LogP contribution in [0.3, 0.4) is 0 Å². The highest BCUT2D eigenvalue weighted by atomic mass is 19.1. The van der Waals surface area contributed by atoms with Crippen molar-refractivity contribution in [2.75, 3.05) is 13.1 Å². The summed E-state index contributed by atoms with van der Waals surface area (Å²) >= 11 is 0. The number of piperidine rings is 1. The largest absolute Gasteiger partial charge is 0.351 e. The predicted molar refractivity (Wildman–Crippen MR) is 97.9 cm³/mol. The summed E-state index contributed by atoms with van der Waals surface area (Å²) in [6, 6.07) is 12.9. The minimum Gasteiger partial charge on any atom is -0.351 e. The Labute approximate surface area is 157 Å². The first-order chi connectivity index (χ1) is 12.9. The van der Waals surface area contributed by atoms with E-state index in [-0.39, 0.29) is 12.5 Å². The molecule has 1 N–H and O–H groups in total. The molecule has 0 bridgehead atoms. The van der Waals surface area contributed by atoms with Gasteiger partial charge in [-0.05, 0) is 37.5 Å². The van der Waals surface area contributed by atoms with Crippen molar-refractivity contribution in [3.8, 4) is 0 Å². The number of halogens is 2. The lowest BCUT2D eigenvalue weighted by Crippen LogP contribution is -2.52. The van der Waals surface area contributed by atoms with Gasteiger partial charge in [0, 0.05) is 19.6 Å². The Kier molecular flexibility index (Phi) is 5.54. The van der Waals surface area contributed by atoms with Crippen LogP contribution in [0.15, 0.2) is 48.5 Å². The van der Waals surface area contributed by atoms with E-state index in [4.69, 9.17) is 0 Å². The van der Waals surface area contributed by atoms with Gasteiger partial charge in [-0.3, -0.25) is 9.59 Å². The summed E-state index contributed by atoms with van der Waals surface area (Å²) < 4.78 is 27.9. The molecular formula is C21H22F2N2O2. The van der Waals surface area contributed by atoms with Gasteiger partial charge in [0.25, 0.3) is 5.91 Å². The Hall–Kier alpha value is -2.76. The van der Waals surface area contributed by atoms with Crippen molar-refractivity contribution < 1.29 is 18.4 Å². The van der Waals surface area contributed by atoms with Crippen LogP contribution >= 0.6 is 0 Å². The third kappa shape index (κ3) is 4.15. The number of hydrogen-bond acceptors (Lipinski definition) is 2. The van der Waals surface area contributed by atoms with Crippen molar-refractivity contribution in [1.82, 2.24) is 10.2 Å². The van der Waals surface area contributed by atoms with Crippen molar-refractivity contribution in [2.45, 2.75) is 26.3 Å². The van der Waals surface area contributed by atoms with Crippen LogP contribution in [0.1, 0.15) is 35.7 Å². The summed E-state index contributed by atoms with van der Waals surface area (Å²) in [6.45, 7) is 2.67. The molecule has 1 fully saturated rings. The van der Waals surface area contributed by atoms with Crippen molar-refractivity contribution >= 4 is 11.8 Å².